The molecule has 3 aromatic carbocycles. The molecular weight excluding hydrogens is 420 g/mol. The van der Waals surface area contributed by atoms with Crippen LogP contribution in [-0.2, 0) is 10.1 Å². The van der Waals surface area contributed by atoms with Gasteiger partial charge in [0, 0.05) is 0 Å². The van der Waals surface area contributed by atoms with Crippen molar-refractivity contribution in [3.8, 4) is 5.75 Å². The van der Waals surface area contributed by atoms with Gasteiger partial charge in [-0.15, -0.1) is 0 Å². The van der Waals surface area contributed by atoms with Crippen molar-refractivity contribution in [3.63, 3.8) is 0 Å². The lowest BCUT2D eigenvalue weighted by Crippen LogP contribution is -2.22. The van der Waals surface area contributed by atoms with Crippen molar-refractivity contribution in [3.05, 3.63) is 99.3 Å². The van der Waals surface area contributed by atoms with Crippen LogP contribution in [0.25, 0.3) is 22.1 Å². The van der Waals surface area contributed by atoms with E-state index in [4.69, 9.17) is 4.18 Å². The molecule has 6 nitrogen and oxygen atoms in total. The Hall–Kier alpha value is -3.49. The second-order valence-electron chi connectivity index (χ2n) is 6.55. The van der Waals surface area contributed by atoms with Gasteiger partial charge in [0.1, 0.15) is 10.6 Å². The van der Waals surface area contributed by atoms with E-state index < -0.39 is 10.1 Å². The summed E-state index contributed by atoms with van der Waals surface area (Å²) in [5.74, 6) is 0.199. The second-order valence-corrected chi connectivity index (χ2v) is 9.11. The zero-order chi connectivity index (χ0) is 20.7. The van der Waals surface area contributed by atoms with E-state index in [0.29, 0.717) is 9.49 Å². The molecule has 2 aromatic heterocycles. The maximum atomic E-state index is 12.8. The highest BCUT2D eigenvalue weighted by Crippen LogP contribution is 2.20. The fourth-order valence-corrected chi connectivity index (χ4v) is 5.08. The van der Waals surface area contributed by atoms with Crippen molar-refractivity contribution in [2.24, 2.45) is 0 Å². The molecule has 0 radical (unpaired) electrons. The van der Waals surface area contributed by atoms with Gasteiger partial charge in [-0.25, -0.2) is 9.38 Å². The zero-order valence-electron chi connectivity index (χ0n) is 15.4. The summed E-state index contributed by atoms with van der Waals surface area (Å²) in [6.07, 6.45) is 1.76. The maximum Gasteiger partial charge on any atom is 0.339 e. The molecule has 30 heavy (non-hydrogen) atoms. The molecule has 0 saturated carbocycles. The van der Waals surface area contributed by atoms with Gasteiger partial charge >= 0.3 is 10.1 Å². The number of rotatable bonds is 4. The van der Waals surface area contributed by atoms with E-state index in [9.17, 15) is 13.2 Å². The van der Waals surface area contributed by atoms with E-state index in [0.717, 1.165) is 16.6 Å². The number of hydrogen-bond donors (Lipinski definition) is 0. The van der Waals surface area contributed by atoms with Crippen LogP contribution in [0, 0.1) is 0 Å². The summed E-state index contributed by atoms with van der Waals surface area (Å²) >= 11 is 1.31. The summed E-state index contributed by atoms with van der Waals surface area (Å²) in [7, 11) is -3.89. The molecule has 0 aliphatic heterocycles. The van der Waals surface area contributed by atoms with Crippen LogP contribution < -0.4 is 14.3 Å². The predicted octanol–water partition coefficient (Wildman–Crippen LogP) is 3.22. The van der Waals surface area contributed by atoms with Gasteiger partial charge in [0.2, 0.25) is 0 Å². The van der Waals surface area contributed by atoms with Crippen molar-refractivity contribution in [1.82, 2.24) is 9.38 Å². The molecule has 0 fully saturated rings. The third kappa shape index (κ3) is 3.26. The molecule has 5 aromatic rings. The first-order valence-corrected chi connectivity index (χ1v) is 11.3. The van der Waals surface area contributed by atoms with Crippen LogP contribution in [0.15, 0.2) is 88.6 Å². The fourth-order valence-electron chi connectivity index (χ4n) is 3.14. The van der Waals surface area contributed by atoms with Crippen molar-refractivity contribution in [2.75, 3.05) is 0 Å². The van der Waals surface area contributed by atoms with Crippen LogP contribution in [0.5, 0.6) is 5.75 Å². The quantitative estimate of drug-likeness (QED) is 0.406. The first-order valence-electron chi connectivity index (χ1n) is 9.03. The SMILES string of the molecule is O=c1c(=Cc2ccc(OS(=O)(=O)c3ccccc3)cc2)sc2nc3ccccc3n12. The van der Waals surface area contributed by atoms with E-state index >= 15 is 0 Å². The Bertz CT molecular complexity index is 1590. The summed E-state index contributed by atoms with van der Waals surface area (Å²) < 4.78 is 32.0. The monoisotopic (exact) mass is 434 g/mol. The van der Waals surface area contributed by atoms with E-state index in [-0.39, 0.29) is 16.2 Å². The Morgan fingerprint density at radius 2 is 1.60 bits per heavy atom. The van der Waals surface area contributed by atoms with Crippen LogP contribution in [-0.4, -0.2) is 17.8 Å². The lowest BCUT2D eigenvalue weighted by molar-refractivity contribution is 0.486. The van der Waals surface area contributed by atoms with Gasteiger partial charge in [0.15, 0.2) is 4.96 Å². The maximum absolute atomic E-state index is 12.8. The number of hydrogen-bond acceptors (Lipinski definition) is 6. The summed E-state index contributed by atoms with van der Waals surface area (Å²) in [5.41, 5.74) is 2.19. The number of benzene rings is 3. The summed E-state index contributed by atoms with van der Waals surface area (Å²) in [6, 6.07) is 22.0. The molecule has 0 aliphatic rings. The molecule has 0 atom stereocenters. The number of aromatic nitrogens is 2. The van der Waals surface area contributed by atoms with Gasteiger partial charge in [-0.05, 0) is 48.0 Å². The van der Waals surface area contributed by atoms with Gasteiger partial charge in [0.05, 0.1) is 15.6 Å². The molecule has 0 saturated heterocycles. The first kappa shape index (κ1) is 18.5. The van der Waals surface area contributed by atoms with Gasteiger partial charge in [0.25, 0.3) is 5.56 Å². The third-order valence-electron chi connectivity index (χ3n) is 4.56. The van der Waals surface area contributed by atoms with Crippen LogP contribution in [0.1, 0.15) is 5.56 Å². The van der Waals surface area contributed by atoms with Crippen molar-refractivity contribution >= 4 is 43.5 Å². The predicted molar refractivity (Wildman–Crippen MR) is 116 cm³/mol. The Labute approximate surface area is 175 Å². The number of nitrogens with zero attached hydrogens (tertiary/aromatic N) is 2. The second kappa shape index (κ2) is 7.08. The van der Waals surface area contributed by atoms with Gasteiger partial charge in [-0.2, -0.15) is 8.42 Å². The van der Waals surface area contributed by atoms with E-state index in [1.807, 2.05) is 24.3 Å². The summed E-state index contributed by atoms with van der Waals surface area (Å²) in [6.45, 7) is 0. The van der Waals surface area contributed by atoms with Crippen LogP contribution >= 0.6 is 11.3 Å². The number of fused-ring (bicyclic) bond motifs is 3. The molecule has 148 valence electrons. The van der Waals surface area contributed by atoms with Crippen LogP contribution in [0.2, 0.25) is 0 Å². The highest BCUT2D eigenvalue weighted by atomic mass is 32.2. The fraction of sp³-hybridized carbons (Fsp3) is 0. The van der Waals surface area contributed by atoms with Crippen molar-refractivity contribution in [2.45, 2.75) is 4.90 Å². The smallest absolute Gasteiger partial charge is 0.339 e. The highest BCUT2D eigenvalue weighted by Gasteiger charge is 2.16. The van der Waals surface area contributed by atoms with E-state index in [1.165, 1.54) is 23.5 Å². The van der Waals surface area contributed by atoms with Crippen LogP contribution in [0.4, 0.5) is 0 Å². The topological polar surface area (TPSA) is 77.7 Å². The lowest BCUT2D eigenvalue weighted by Gasteiger charge is -2.06. The lowest BCUT2D eigenvalue weighted by atomic mass is 10.2. The standard InChI is InChI=1S/C22H14N2O4S2/c25-21-20(29-22-23-18-8-4-5-9-19(18)24(21)22)14-15-10-12-16(13-11-15)28-30(26,27)17-6-2-1-3-7-17/h1-14H. The van der Waals surface area contributed by atoms with Crippen LogP contribution in [0.3, 0.4) is 0 Å². The molecule has 0 amide bonds. The normalized spacial score (nSPS) is 12.6. The average Bonchev–Trinajstić information content (AvgIpc) is 3.26. The van der Waals surface area contributed by atoms with E-state index in [2.05, 4.69) is 4.98 Å². The Kier molecular flexibility index (Phi) is 4.38. The molecule has 0 N–H and O–H groups in total. The molecule has 2 heterocycles. The molecule has 0 aliphatic carbocycles. The molecule has 5 rings (SSSR count). The number of thiazole rings is 1. The average molecular weight is 434 g/mol. The number of imidazole rings is 1. The molecule has 0 bridgehead atoms. The number of para-hydroxylation sites is 2. The zero-order valence-corrected chi connectivity index (χ0v) is 17.1. The molecule has 0 spiro atoms. The minimum atomic E-state index is -3.89. The Morgan fingerprint density at radius 1 is 0.900 bits per heavy atom. The van der Waals surface area contributed by atoms with Gasteiger partial charge < -0.3 is 4.18 Å². The molecule has 8 heteroatoms. The third-order valence-corrected chi connectivity index (χ3v) is 6.79. The summed E-state index contributed by atoms with van der Waals surface area (Å²) in [4.78, 5) is 18.0. The first-order chi connectivity index (χ1) is 14.5. The summed E-state index contributed by atoms with van der Waals surface area (Å²) in [5, 5.41) is 0. The minimum Gasteiger partial charge on any atom is -0.379 e. The molecular formula is C22H14N2O4S2. The van der Waals surface area contributed by atoms with E-state index in [1.54, 1.807) is 52.9 Å². The van der Waals surface area contributed by atoms with Crippen molar-refractivity contribution in [1.29, 1.82) is 0 Å². The van der Waals surface area contributed by atoms with Gasteiger partial charge in [-0.1, -0.05) is 53.8 Å². The Balaban J connectivity index is 1.47. The largest absolute Gasteiger partial charge is 0.379 e. The van der Waals surface area contributed by atoms with Gasteiger partial charge in [-0.3, -0.25) is 4.79 Å². The minimum absolute atomic E-state index is 0.0887. The highest BCUT2D eigenvalue weighted by molar-refractivity contribution is 7.87. The van der Waals surface area contributed by atoms with Crippen molar-refractivity contribution < 1.29 is 12.6 Å². The molecule has 0 unspecified atom stereocenters. The Morgan fingerprint density at radius 3 is 2.37 bits per heavy atom.